The summed E-state index contributed by atoms with van der Waals surface area (Å²) < 4.78 is 0. The van der Waals surface area contributed by atoms with E-state index in [9.17, 15) is 0 Å². The van der Waals surface area contributed by atoms with Crippen molar-refractivity contribution in [1.29, 1.82) is 0 Å². The SMILES string of the molecule is C1=CC2Sc3cccc(-c4ccc(C=Cc5ccc(N(c6ccccc6)c6ccccc6)cc5)cc4)c3SC2C=C1. The van der Waals surface area contributed by atoms with Crippen LogP contribution >= 0.6 is 23.5 Å². The van der Waals surface area contributed by atoms with Gasteiger partial charge < -0.3 is 4.90 Å². The molecule has 2 unspecified atom stereocenters. The van der Waals surface area contributed by atoms with Gasteiger partial charge in [0.2, 0.25) is 0 Å². The van der Waals surface area contributed by atoms with Gasteiger partial charge in [0.15, 0.2) is 0 Å². The number of anilines is 3. The summed E-state index contributed by atoms with van der Waals surface area (Å²) in [5.74, 6) is 0. The molecule has 0 saturated heterocycles. The average Bonchev–Trinajstić information content (AvgIpc) is 3.04. The zero-order chi connectivity index (χ0) is 27.4. The molecular weight excluding hydrogens is 535 g/mol. The van der Waals surface area contributed by atoms with Crippen LogP contribution in [0.25, 0.3) is 23.3 Å². The van der Waals surface area contributed by atoms with Crippen molar-refractivity contribution in [2.24, 2.45) is 0 Å². The van der Waals surface area contributed by atoms with Crippen molar-refractivity contribution in [1.82, 2.24) is 0 Å². The van der Waals surface area contributed by atoms with Crippen LogP contribution in [0.3, 0.4) is 0 Å². The Morgan fingerprint density at radius 1 is 0.488 bits per heavy atom. The van der Waals surface area contributed by atoms with Crippen molar-refractivity contribution in [2.45, 2.75) is 20.3 Å². The molecule has 2 atom stereocenters. The first-order chi connectivity index (χ1) is 20.3. The van der Waals surface area contributed by atoms with E-state index in [1.807, 2.05) is 23.5 Å². The molecule has 3 heteroatoms. The van der Waals surface area contributed by atoms with Crippen LogP contribution in [0.5, 0.6) is 0 Å². The number of thioether (sulfide) groups is 2. The fourth-order valence-corrected chi connectivity index (χ4v) is 8.17. The normalized spacial score (nSPS) is 17.3. The van der Waals surface area contributed by atoms with E-state index < -0.39 is 0 Å². The standard InChI is InChI=1S/C38H29NS2/c1-3-10-31(11-4-1)39(32-12-5-2-6-13-32)33-26-22-29(23-27-33)19-18-28-20-24-30(25-21-28)34-14-9-17-37-38(34)41-36-16-8-7-15-35(36)40-37/h1-27,35-36H. The van der Waals surface area contributed by atoms with Crippen LogP contribution in [-0.4, -0.2) is 10.5 Å². The zero-order valence-electron chi connectivity index (χ0n) is 22.5. The molecule has 1 heterocycles. The van der Waals surface area contributed by atoms with E-state index in [0.29, 0.717) is 10.5 Å². The molecule has 0 aromatic heterocycles. The Morgan fingerprint density at radius 3 is 1.63 bits per heavy atom. The maximum atomic E-state index is 2.34. The maximum Gasteiger partial charge on any atom is 0.0462 e. The molecule has 5 aromatic rings. The van der Waals surface area contributed by atoms with Gasteiger partial charge in [-0.25, -0.2) is 0 Å². The van der Waals surface area contributed by atoms with Gasteiger partial charge in [0.1, 0.15) is 0 Å². The van der Waals surface area contributed by atoms with E-state index >= 15 is 0 Å². The Morgan fingerprint density at radius 2 is 1.02 bits per heavy atom. The molecule has 1 aliphatic carbocycles. The van der Waals surface area contributed by atoms with Gasteiger partial charge in [0.05, 0.1) is 0 Å². The molecule has 7 rings (SSSR count). The minimum atomic E-state index is 0.500. The summed E-state index contributed by atoms with van der Waals surface area (Å²) in [5, 5.41) is 1.02. The summed E-state index contributed by atoms with van der Waals surface area (Å²) >= 11 is 3.98. The lowest BCUT2D eigenvalue weighted by molar-refractivity contribution is 1.04. The van der Waals surface area contributed by atoms with Crippen molar-refractivity contribution < 1.29 is 0 Å². The summed E-state index contributed by atoms with van der Waals surface area (Å²) in [6.45, 7) is 0. The molecule has 0 bridgehead atoms. The first-order valence-electron chi connectivity index (χ1n) is 13.9. The molecular formula is C38H29NS2. The lowest BCUT2D eigenvalue weighted by Crippen LogP contribution is -2.20. The van der Waals surface area contributed by atoms with Gasteiger partial charge in [-0.15, -0.1) is 23.5 Å². The maximum absolute atomic E-state index is 2.34. The Balaban J connectivity index is 1.09. The third-order valence-electron chi connectivity index (χ3n) is 7.40. The Labute approximate surface area is 251 Å². The lowest BCUT2D eigenvalue weighted by Gasteiger charge is -2.31. The largest absolute Gasteiger partial charge is 0.311 e. The van der Waals surface area contributed by atoms with Gasteiger partial charge >= 0.3 is 0 Å². The van der Waals surface area contributed by atoms with Crippen molar-refractivity contribution in [3.8, 4) is 11.1 Å². The molecule has 0 radical (unpaired) electrons. The highest BCUT2D eigenvalue weighted by atomic mass is 32.2. The minimum absolute atomic E-state index is 0.500. The Kier molecular flexibility index (Phi) is 7.38. The summed E-state index contributed by atoms with van der Waals surface area (Å²) in [6.07, 6.45) is 13.4. The number of benzene rings is 5. The van der Waals surface area contributed by atoms with Crippen LogP contribution in [0.15, 0.2) is 161 Å². The molecule has 41 heavy (non-hydrogen) atoms. The summed E-state index contributed by atoms with van der Waals surface area (Å²) in [6, 6.07) is 45.5. The molecule has 198 valence electrons. The highest BCUT2D eigenvalue weighted by molar-refractivity contribution is 8.06. The zero-order valence-corrected chi connectivity index (χ0v) is 24.1. The van der Waals surface area contributed by atoms with Crippen molar-refractivity contribution in [3.63, 3.8) is 0 Å². The van der Waals surface area contributed by atoms with Crippen LogP contribution in [-0.2, 0) is 0 Å². The summed E-state index contributed by atoms with van der Waals surface area (Å²) in [5.41, 5.74) is 8.39. The molecule has 0 fully saturated rings. The Bertz CT molecular complexity index is 1680. The average molecular weight is 564 g/mol. The lowest BCUT2D eigenvalue weighted by atomic mass is 10.0. The predicted octanol–water partition coefficient (Wildman–Crippen LogP) is 11.1. The third kappa shape index (κ3) is 5.56. The van der Waals surface area contributed by atoms with Gasteiger partial charge in [0.25, 0.3) is 0 Å². The first-order valence-corrected chi connectivity index (χ1v) is 15.7. The van der Waals surface area contributed by atoms with Gasteiger partial charge in [-0.1, -0.05) is 121 Å². The Hall–Kier alpha value is -4.18. The second-order valence-electron chi connectivity index (χ2n) is 10.1. The molecule has 0 spiro atoms. The van der Waals surface area contributed by atoms with Crippen LogP contribution in [0.1, 0.15) is 11.1 Å². The monoisotopic (exact) mass is 563 g/mol. The molecule has 5 aromatic carbocycles. The van der Waals surface area contributed by atoms with Crippen LogP contribution < -0.4 is 4.90 Å². The minimum Gasteiger partial charge on any atom is -0.311 e. The number of allylic oxidation sites excluding steroid dienone is 2. The number of hydrogen-bond acceptors (Lipinski definition) is 3. The molecule has 0 N–H and O–H groups in total. The number of hydrogen-bond donors (Lipinski definition) is 0. The fraction of sp³-hybridized carbons (Fsp3) is 0.0526. The van der Waals surface area contributed by atoms with E-state index in [1.54, 1.807) is 0 Å². The second kappa shape index (κ2) is 11.7. The fourth-order valence-electron chi connectivity index (χ4n) is 5.32. The van der Waals surface area contributed by atoms with Crippen LogP contribution in [0, 0.1) is 0 Å². The van der Waals surface area contributed by atoms with Gasteiger partial charge in [-0.2, -0.15) is 0 Å². The van der Waals surface area contributed by atoms with Crippen molar-refractivity contribution in [3.05, 3.63) is 163 Å². The van der Waals surface area contributed by atoms with Gasteiger partial charge in [0, 0.05) is 37.4 Å². The summed E-state index contributed by atoms with van der Waals surface area (Å²) in [7, 11) is 0. The number of nitrogens with zero attached hydrogens (tertiary/aromatic N) is 1. The van der Waals surface area contributed by atoms with E-state index in [2.05, 4.69) is 169 Å². The molecule has 2 aliphatic rings. The van der Waals surface area contributed by atoms with Gasteiger partial charge in [-0.05, 0) is 64.7 Å². The quantitative estimate of drug-likeness (QED) is 0.189. The third-order valence-corrected chi connectivity index (χ3v) is 10.4. The number of fused-ring (bicyclic) bond motifs is 2. The van der Waals surface area contributed by atoms with E-state index in [0.717, 1.165) is 17.1 Å². The summed E-state index contributed by atoms with van der Waals surface area (Å²) in [4.78, 5) is 5.08. The second-order valence-corrected chi connectivity index (χ2v) is 12.5. The first kappa shape index (κ1) is 25.8. The molecule has 0 amide bonds. The predicted molar refractivity (Wildman–Crippen MR) is 180 cm³/mol. The van der Waals surface area contributed by atoms with Crippen molar-refractivity contribution >= 4 is 52.7 Å². The molecule has 0 saturated carbocycles. The topological polar surface area (TPSA) is 3.24 Å². The molecule has 1 aliphatic heterocycles. The smallest absolute Gasteiger partial charge is 0.0462 e. The highest BCUT2D eigenvalue weighted by Gasteiger charge is 2.29. The van der Waals surface area contributed by atoms with E-state index in [4.69, 9.17) is 0 Å². The van der Waals surface area contributed by atoms with Crippen LogP contribution in [0.2, 0.25) is 0 Å². The number of para-hydroxylation sites is 2. The van der Waals surface area contributed by atoms with Crippen molar-refractivity contribution in [2.75, 3.05) is 4.90 Å². The van der Waals surface area contributed by atoms with E-state index in [1.165, 1.54) is 32.0 Å². The number of rotatable bonds is 6. The van der Waals surface area contributed by atoms with Crippen LogP contribution in [0.4, 0.5) is 17.1 Å². The molecule has 1 nitrogen and oxygen atoms in total. The van der Waals surface area contributed by atoms with E-state index in [-0.39, 0.29) is 0 Å². The highest BCUT2D eigenvalue weighted by Crippen LogP contribution is 2.50. The van der Waals surface area contributed by atoms with Gasteiger partial charge in [-0.3, -0.25) is 0 Å².